The van der Waals surface area contributed by atoms with Crippen molar-refractivity contribution in [2.75, 3.05) is 38.8 Å². The van der Waals surface area contributed by atoms with Crippen LogP contribution in [0.3, 0.4) is 0 Å². The Balaban J connectivity index is 0.00000468. The number of ether oxygens (including phenoxy) is 4. The van der Waals surface area contributed by atoms with Gasteiger partial charge in [-0.25, -0.2) is 14.6 Å². The van der Waals surface area contributed by atoms with Gasteiger partial charge in [-0.05, 0) is 79.4 Å². The van der Waals surface area contributed by atoms with Crippen LogP contribution in [-0.2, 0) is 22.4 Å². The van der Waals surface area contributed by atoms with Crippen molar-refractivity contribution in [2.24, 2.45) is 5.92 Å². The SMILES string of the molecule is COc1ccc([C@H](Cc2c(Cl)c[nH+]cc2Cl)OC(=O)c2ccc(CN(C(=O)O[C@H]3CN4CCC3CC4)c3cccnc3)cc2)cc1OC.[OH-]. The maximum atomic E-state index is 13.6. The number of hydrogen-bond acceptors (Lipinski definition) is 9. The number of halogens is 2. The molecule has 0 saturated carbocycles. The van der Waals surface area contributed by atoms with Crippen molar-refractivity contribution in [3.05, 3.63) is 112 Å². The van der Waals surface area contributed by atoms with Gasteiger partial charge < -0.3 is 24.4 Å². The van der Waals surface area contributed by atoms with Crippen LogP contribution >= 0.6 is 23.2 Å². The minimum Gasteiger partial charge on any atom is -0.870 e. The molecule has 1 amide bonds. The summed E-state index contributed by atoms with van der Waals surface area (Å²) in [6.45, 7) is 3.11. The zero-order chi connectivity index (χ0) is 33.6. The van der Waals surface area contributed by atoms with Gasteiger partial charge in [0.25, 0.3) is 0 Å². The number of pyridine rings is 2. The molecule has 3 fully saturated rings. The molecule has 11 nitrogen and oxygen atoms in total. The molecule has 49 heavy (non-hydrogen) atoms. The molecule has 2 bridgehead atoms. The quantitative estimate of drug-likeness (QED) is 0.162. The molecule has 7 rings (SSSR count). The number of anilines is 1. The molecule has 0 unspecified atom stereocenters. The fraction of sp³-hybridized carbons (Fsp3) is 0.333. The summed E-state index contributed by atoms with van der Waals surface area (Å²) < 4.78 is 23.0. The van der Waals surface area contributed by atoms with Crippen LogP contribution in [-0.4, -0.2) is 67.4 Å². The van der Waals surface area contributed by atoms with Crippen molar-refractivity contribution in [2.45, 2.75) is 38.0 Å². The fourth-order valence-electron chi connectivity index (χ4n) is 6.28. The number of rotatable bonds is 11. The number of aromatic amines is 1. The van der Waals surface area contributed by atoms with Crippen molar-refractivity contribution in [3.63, 3.8) is 0 Å². The number of fused-ring (bicyclic) bond motifs is 3. The molecule has 0 aliphatic carbocycles. The van der Waals surface area contributed by atoms with Crippen LogP contribution < -0.4 is 19.4 Å². The third-order valence-corrected chi connectivity index (χ3v) is 9.65. The summed E-state index contributed by atoms with van der Waals surface area (Å²) >= 11 is 12.9. The van der Waals surface area contributed by atoms with Crippen molar-refractivity contribution in [3.8, 4) is 11.5 Å². The third-order valence-electron chi connectivity index (χ3n) is 8.97. The molecule has 5 heterocycles. The Kier molecular flexibility index (Phi) is 11.9. The summed E-state index contributed by atoms with van der Waals surface area (Å²) in [6, 6.07) is 15.9. The number of aromatic nitrogens is 2. The van der Waals surface area contributed by atoms with E-state index in [0.717, 1.165) is 38.0 Å². The highest BCUT2D eigenvalue weighted by molar-refractivity contribution is 6.35. The van der Waals surface area contributed by atoms with Gasteiger partial charge in [-0.1, -0.05) is 41.4 Å². The van der Waals surface area contributed by atoms with E-state index in [1.54, 1.807) is 85.3 Å². The van der Waals surface area contributed by atoms with Crippen molar-refractivity contribution in [1.29, 1.82) is 0 Å². The van der Waals surface area contributed by atoms with Gasteiger partial charge in [0.1, 0.15) is 22.3 Å². The van der Waals surface area contributed by atoms with Crippen LogP contribution in [0.2, 0.25) is 10.0 Å². The monoisotopic (exact) mass is 708 g/mol. The zero-order valence-corrected chi connectivity index (χ0v) is 28.7. The number of amides is 1. The minimum atomic E-state index is -0.753. The largest absolute Gasteiger partial charge is 0.870 e. The van der Waals surface area contributed by atoms with Gasteiger partial charge in [-0.2, -0.15) is 0 Å². The van der Waals surface area contributed by atoms with Crippen molar-refractivity contribution < 1.29 is 39.0 Å². The Bertz CT molecular complexity index is 1720. The Morgan fingerprint density at radius 3 is 2.33 bits per heavy atom. The lowest BCUT2D eigenvalue weighted by Crippen LogP contribution is -2.53. The minimum absolute atomic E-state index is 0. The molecule has 2 aromatic heterocycles. The highest BCUT2D eigenvalue weighted by Crippen LogP contribution is 2.36. The van der Waals surface area contributed by atoms with E-state index in [-0.39, 0.29) is 24.5 Å². The molecule has 13 heteroatoms. The van der Waals surface area contributed by atoms with Gasteiger partial charge in [0.2, 0.25) is 0 Å². The maximum Gasteiger partial charge on any atom is 0.414 e. The number of piperidine rings is 3. The smallest absolute Gasteiger partial charge is 0.414 e. The maximum absolute atomic E-state index is 13.6. The van der Waals surface area contributed by atoms with Crippen molar-refractivity contribution >= 4 is 41.0 Å². The average Bonchev–Trinajstić information content (AvgIpc) is 3.12. The van der Waals surface area contributed by atoms with E-state index in [0.29, 0.717) is 49.8 Å². The van der Waals surface area contributed by atoms with Crippen LogP contribution in [0, 0.1) is 5.92 Å². The van der Waals surface area contributed by atoms with E-state index in [1.807, 2.05) is 6.07 Å². The van der Waals surface area contributed by atoms with E-state index in [2.05, 4.69) is 14.9 Å². The number of carbonyl (C=O) groups excluding carboxylic acids is 2. The predicted octanol–water partition coefficient (Wildman–Crippen LogP) is 6.42. The second-order valence-corrected chi connectivity index (χ2v) is 12.7. The van der Waals surface area contributed by atoms with Gasteiger partial charge in [0.15, 0.2) is 23.9 Å². The number of methoxy groups -OCH3 is 2. The lowest BCUT2D eigenvalue weighted by molar-refractivity contribution is -0.377. The molecule has 0 spiro atoms. The lowest BCUT2D eigenvalue weighted by Gasteiger charge is -2.44. The van der Waals surface area contributed by atoms with Crippen LogP contribution in [0.5, 0.6) is 11.5 Å². The molecule has 3 saturated heterocycles. The normalized spacial score (nSPS) is 18.5. The van der Waals surface area contributed by atoms with Gasteiger partial charge in [0.05, 0.1) is 38.2 Å². The first-order chi connectivity index (χ1) is 23.3. The summed E-state index contributed by atoms with van der Waals surface area (Å²) in [5.74, 6) is 0.876. The molecule has 3 aliphatic rings. The standard InChI is InChI=1S/C36H36Cl2N4O6.H2O/c1-45-31-10-9-26(16-33(31)46-2)32(17-28-29(37)19-40-20-30(28)38)47-35(43)25-7-5-23(6-8-25)21-42(27-4-3-13-39-18-27)36(44)48-34-22-41-14-11-24(34)12-15-41;/h3-10,13,16,18-20,24,32,34H,11-12,14-15,17,21-22H2,1-2H3;1H2/t32-,34-;/m0./s1. The summed E-state index contributed by atoms with van der Waals surface area (Å²) in [7, 11) is 3.09. The predicted molar refractivity (Wildman–Crippen MR) is 183 cm³/mol. The van der Waals surface area contributed by atoms with Gasteiger partial charge >= 0.3 is 12.1 Å². The molecule has 4 aromatic rings. The molecular formula is C36H38Cl2N4O7. The second kappa shape index (κ2) is 16.3. The van der Waals surface area contributed by atoms with Crippen molar-refractivity contribution in [1.82, 2.24) is 9.88 Å². The van der Waals surface area contributed by atoms with Crippen LogP contribution in [0.1, 0.15) is 46.0 Å². The molecule has 258 valence electrons. The van der Waals surface area contributed by atoms with Gasteiger partial charge in [-0.3, -0.25) is 14.8 Å². The molecule has 2 atom stereocenters. The average molecular weight is 710 g/mol. The van der Waals surface area contributed by atoms with Crippen LogP contribution in [0.15, 0.2) is 79.4 Å². The molecular weight excluding hydrogens is 671 g/mol. The Labute approximate surface area is 295 Å². The number of benzene rings is 2. The number of H-pyrrole nitrogens is 1. The Morgan fingerprint density at radius 1 is 1.00 bits per heavy atom. The topological polar surface area (TPSA) is 135 Å². The first-order valence-electron chi connectivity index (χ1n) is 15.8. The van der Waals surface area contributed by atoms with E-state index >= 15 is 0 Å². The lowest BCUT2D eigenvalue weighted by atomic mass is 9.86. The number of carbonyl (C=O) groups is 2. The summed E-state index contributed by atoms with van der Waals surface area (Å²) in [4.78, 5) is 38.2. The van der Waals surface area contributed by atoms with Gasteiger partial charge in [-0.15, -0.1) is 0 Å². The van der Waals surface area contributed by atoms with E-state index in [1.165, 1.54) is 7.11 Å². The number of nitrogens with zero attached hydrogens (tertiary/aromatic N) is 3. The number of esters is 1. The first kappa shape index (κ1) is 35.9. The van der Waals surface area contributed by atoms with E-state index in [4.69, 9.17) is 42.1 Å². The molecule has 2 aromatic carbocycles. The third kappa shape index (κ3) is 8.42. The van der Waals surface area contributed by atoms with E-state index < -0.39 is 18.2 Å². The van der Waals surface area contributed by atoms with Crippen LogP contribution in [0.4, 0.5) is 10.5 Å². The Hall–Kier alpha value is -4.42. The first-order valence-corrected chi connectivity index (χ1v) is 16.5. The number of nitrogens with one attached hydrogen (secondary N) is 1. The highest BCUT2D eigenvalue weighted by Gasteiger charge is 2.37. The summed E-state index contributed by atoms with van der Waals surface area (Å²) in [5.41, 5.74) is 3.06. The van der Waals surface area contributed by atoms with Gasteiger partial charge in [0, 0.05) is 24.7 Å². The highest BCUT2D eigenvalue weighted by atomic mass is 35.5. The number of hydrogen-bond donors (Lipinski definition) is 0. The molecule has 0 radical (unpaired) electrons. The zero-order valence-electron chi connectivity index (χ0n) is 27.2. The summed E-state index contributed by atoms with van der Waals surface area (Å²) in [6.07, 6.45) is 7.54. The summed E-state index contributed by atoms with van der Waals surface area (Å²) in [5, 5.41) is 0.831. The fourth-order valence-corrected chi connectivity index (χ4v) is 6.81. The molecule has 3 aliphatic heterocycles. The van der Waals surface area contributed by atoms with E-state index in [9.17, 15) is 9.59 Å². The van der Waals surface area contributed by atoms with Crippen LogP contribution in [0.25, 0.3) is 0 Å². The second-order valence-electron chi connectivity index (χ2n) is 11.9. The Morgan fingerprint density at radius 2 is 1.71 bits per heavy atom. The molecule has 2 N–H and O–H groups in total.